The first-order chi connectivity index (χ1) is 16.9. The van der Waals surface area contributed by atoms with Gasteiger partial charge in [-0.15, -0.1) is 0 Å². The predicted octanol–water partition coefficient (Wildman–Crippen LogP) is 8.19. The number of benzene rings is 1. The highest BCUT2D eigenvalue weighted by Gasteiger charge is 2.21. The quantitative estimate of drug-likeness (QED) is 0.126. The minimum absolute atomic E-state index is 0.101. The van der Waals surface area contributed by atoms with Crippen molar-refractivity contribution in [2.75, 3.05) is 13.2 Å². The van der Waals surface area contributed by atoms with E-state index >= 15 is 0 Å². The van der Waals surface area contributed by atoms with Crippen LogP contribution in [0.5, 0.6) is 11.5 Å². The monoisotopic (exact) mass is 492 g/mol. The van der Waals surface area contributed by atoms with Gasteiger partial charge in [-0.3, -0.25) is 4.90 Å². The van der Waals surface area contributed by atoms with Crippen LogP contribution in [-0.2, 0) is 4.74 Å². The van der Waals surface area contributed by atoms with Crippen molar-refractivity contribution < 1.29 is 24.5 Å². The average Bonchev–Trinajstić information content (AvgIpc) is 2.83. The van der Waals surface area contributed by atoms with E-state index in [1.54, 1.807) is 12.1 Å². The number of aromatic hydroxyl groups is 1. The second-order valence-corrected chi connectivity index (χ2v) is 9.61. The number of ether oxygens (including phenoxy) is 2. The molecule has 2 atom stereocenters. The molecule has 35 heavy (non-hydrogen) atoms. The number of unbranched alkanes of at least 4 members (excludes halogenated alkanes) is 13. The Morgan fingerprint density at radius 1 is 0.886 bits per heavy atom. The molecule has 0 spiro atoms. The van der Waals surface area contributed by atoms with Crippen molar-refractivity contribution in [3.05, 3.63) is 31.2 Å². The molecule has 0 bridgehead atoms. The van der Waals surface area contributed by atoms with Crippen LogP contribution in [-0.4, -0.2) is 46.7 Å². The van der Waals surface area contributed by atoms with Gasteiger partial charge in [0.25, 0.3) is 0 Å². The van der Waals surface area contributed by atoms with E-state index in [-0.39, 0.29) is 18.4 Å². The molecule has 6 heteroatoms. The maximum Gasteiger partial charge on any atom is 0.410 e. The summed E-state index contributed by atoms with van der Waals surface area (Å²) in [5.41, 5.74) is 0. The van der Waals surface area contributed by atoms with Gasteiger partial charge in [-0.25, -0.2) is 4.79 Å². The van der Waals surface area contributed by atoms with Crippen LogP contribution in [0.4, 0.5) is 4.79 Å². The van der Waals surface area contributed by atoms with E-state index in [0.29, 0.717) is 12.4 Å². The van der Waals surface area contributed by atoms with Crippen molar-refractivity contribution in [3.8, 4) is 11.5 Å². The van der Waals surface area contributed by atoms with Crippen molar-refractivity contribution in [1.29, 1.82) is 0 Å². The van der Waals surface area contributed by atoms with E-state index in [1.165, 1.54) is 95.6 Å². The molecule has 1 radical (unpaired) electrons. The van der Waals surface area contributed by atoms with E-state index in [1.807, 2.05) is 6.92 Å². The molecule has 0 aromatic heterocycles. The zero-order valence-corrected chi connectivity index (χ0v) is 22.3. The Balaban J connectivity index is 2.02. The van der Waals surface area contributed by atoms with Gasteiger partial charge >= 0.3 is 6.09 Å². The topological polar surface area (TPSA) is 79.2 Å². The van der Waals surface area contributed by atoms with Crippen molar-refractivity contribution in [3.63, 3.8) is 0 Å². The first kappa shape index (κ1) is 31.1. The molecule has 0 aliphatic carbocycles. The summed E-state index contributed by atoms with van der Waals surface area (Å²) in [6.45, 7) is 8.60. The maximum absolute atomic E-state index is 11.6. The number of hydrogen-bond acceptors (Lipinski definition) is 4. The lowest BCUT2D eigenvalue weighted by Crippen LogP contribution is -2.43. The first-order valence-corrected chi connectivity index (χ1v) is 13.8. The molecule has 1 aromatic carbocycles. The van der Waals surface area contributed by atoms with Gasteiger partial charge in [0.15, 0.2) is 6.23 Å². The Bertz CT molecular complexity index is 636. The smallest absolute Gasteiger partial charge is 0.410 e. The number of hydrogen-bond donors (Lipinski definition) is 2. The second-order valence-electron chi connectivity index (χ2n) is 9.61. The summed E-state index contributed by atoms with van der Waals surface area (Å²) in [6.07, 6.45) is 18.0. The van der Waals surface area contributed by atoms with Gasteiger partial charge in [-0.1, -0.05) is 96.8 Å². The number of rotatable bonds is 22. The first-order valence-electron chi connectivity index (χ1n) is 13.8. The molecule has 0 heterocycles. The fourth-order valence-electron chi connectivity index (χ4n) is 4.17. The molecule has 1 rings (SSSR count). The average molecular weight is 493 g/mol. The number of phenols is 1. The van der Waals surface area contributed by atoms with E-state index in [2.05, 4.69) is 13.8 Å². The number of amides is 1. The molecule has 2 N–H and O–H groups in total. The summed E-state index contributed by atoms with van der Waals surface area (Å²) in [6, 6.07) is 6.11. The molecule has 2 unspecified atom stereocenters. The highest BCUT2D eigenvalue weighted by Crippen LogP contribution is 2.18. The number of nitrogens with zero attached hydrogens (tertiary/aromatic N) is 1. The van der Waals surface area contributed by atoms with E-state index in [0.717, 1.165) is 17.7 Å². The molecule has 201 valence electrons. The molecule has 0 fully saturated rings. The molecule has 0 aliphatic rings. The van der Waals surface area contributed by atoms with Crippen LogP contribution in [0.3, 0.4) is 0 Å². The second kappa shape index (κ2) is 20.3. The van der Waals surface area contributed by atoms with Gasteiger partial charge in [0.2, 0.25) is 0 Å². The lowest BCUT2D eigenvalue weighted by atomic mass is 10.0. The van der Waals surface area contributed by atoms with Crippen LogP contribution >= 0.6 is 0 Å². The predicted molar refractivity (Wildman–Crippen MR) is 143 cm³/mol. The summed E-state index contributed by atoms with van der Waals surface area (Å²) in [5, 5.41) is 18.8. The Labute approximate surface area is 214 Å². The van der Waals surface area contributed by atoms with Crippen LogP contribution in [0.15, 0.2) is 24.3 Å². The molecule has 6 nitrogen and oxygen atoms in total. The Kier molecular flexibility index (Phi) is 18.0. The zero-order chi connectivity index (χ0) is 25.7. The van der Waals surface area contributed by atoms with Crippen molar-refractivity contribution in [1.82, 2.24) is 4.90 Å². The fraction of sp³-hybridized carbons (Fsp3) is 0.724. The van der Waals surface area contributed by atoms with Gasteiger partial charge in [0.1, 0.15) is 11.5 Å². The number of carbonyl (C=O) groups is 1. The largest absolute Gasteiger partial charge is 0.508 e. The lowest BCUT2D eigenvalue weighted by molar-refractivity contribution is 0.00965. The van der Waals surface area contributed by atoms with Crippen LogP contribution in [0.1, 0.15) is 110 Å². The van der Waals surface area contributed by atoms with E-state index in [4.69, 9.17) is 9.47 Å². The van der Waals surface area contributed by atoms with E-state index < -0.39 is 12.3 Å². The minimum atomic E-state index is -1.10. The van der Waals surface area contributed by atoms with Crippen LogP contribution < -0.4 is 4.74 Å². The minimum Gasteiger partial charge on any atom is -0.508 e. The molecular weight excluding hydrogens is 442 g/mol. The van der Waals surface area contributed by atoms with Gasteiger partial charge < -0.3 is 19.7 Å². The zero-order valence-electron chi connectivity index (χ0n) is 22.3. The van der Waals surface area contributed by atoms with Gasteiger partial charge in [-0.2, -0.15) is 0 Å². The van der Waals surface area contributed by atoms with Gasteiger partial charge in [0.05, 0.1) is 19.3 Å². The number of phenolic OH excluding ortho intramolecular Hbond substituents is 1. The molecular formula is C29H50NO5. The third-order valence-corrected chi connectivity index (χ3v) is 6.40. The highest BCUT2D eigenvalue weighted by atomic mass is 16.5. The molecule has 0 saturated heterocycles. The van der Waals surface area contributed by atoms with Crippen LogP contribution in [0.2, 0.25) is 0 Å². The maximum atomic E-state index is 11.6. The number of carboxylic acid groups (broad SMARTS) is 1. The third kappa shape index (κ3) is 16.4. The van der Waals surface area contributed by atoms with Crippen molar-refractivity contribution >= 4 is 6.09 Å². The SMILES string of the molecule is [CH2]C(Oc1ccc(O)cc1)N(CCOC(C)CCCCCCCCCCCCCCCC)C(=O)O. The van der Waals surface area contributed by atoms with Crippen molar-refractivity contribution in [2.24, 2.45) is 0 Å². The Morgan fingerprint density at radius 2 is 1.37 bits per heavy atom. The van der Waals surface area contributed by atoms with Crippen LogP contribution in [0, 0.1) is 6.92 Å². The summed E-state index contributed by atoms with van der Waals surface area (Å²) in [7, 11) is 0. The van der Waals surface area contributed by atoms with E-state index in [9.17, 15) is 15.0 Å². The Hall–Kier alpha value is -1.95. The normalized spacial score (nSPS) is 12.9. The lowest BCUT2D eigenvalue weighted by Gasteiger charge is -2.27. The van der Waals surface area contributed by atoms with Crippen molar-refractivity contribution in [2.45, 2.75) is 122 Å². The summed E-state index contributed by atoms with van der Waals surface area (Å²) in [4.78, 5) is 12.7. The van der Waals surface area contributed by atoms with Crippen LogP contribution in [0.25, 0.3) is 0 Å². The fourth-order valence-corrected chi connectivity index (χ4v) is 4.17. The third-order valence-electron chi connectivity index (χ3n) is 6.40. The summed E-state index contributed by atoms with van der Waals surface area (Å²) < 4.78 is 11.4. The Morgan fingerprint density at radius 3 is 1.86 bits per heavy atom. The summed E-state index contributed by atoms with van der Waals surface area (Å²) >= 11 is 0. The van der Waals surface area contributed by atoms with Gasteiger partial charge in [0, 0.05) is 6.92 Å². The molecule has 0 aliphatic heterocycles. The standard InChI is InChI=1S/C29H50NO5/c1-4-5-6-7-8-9-10-11-12-13-14-15-16-17-18-25(2)34-24-23-30(29(32)33)26(3)35-28-21-19-27(31)20-22-28/h19-22,25-26,31H,3-18,23-24H2,1-2H3,(H,32,33). The molecule has 1 aromatic rings. The molecule has 0 saturated carbocycles. The van der Waals surface area contributed by atoms with Gasteiger partial charge in [-0.05, 0) is 37.6 Å². The molecule has 1 amide bonds. The highest BCUT2D eigenvalue weighted by molar-refractivity contribution is 5.65. The summed E-state index contributed by atoms with van der Waals surface area (Å²) in [5.74, 6) is 0.565.